The topological polar surface area (TPSA) is 201 Å². The van der Waals surface area contributed by atoms with Crippen LogP contribution in [-0.2, 0) is 36.7 Å². The second kappa shape index (κ2) is 17.9. The first-order chi connectivity index (χ1) is 36.0. The first kappa shape index (κ1) is 46.9. The number of methoxy groups -OCH3 is 2. The number of imidazole rings is 2. The van der Waals surface area contributed by atoms with E-state index in [0.717, 1.165) is 80.3 Å². The maximum absolute atomic E-state index is 13.7. The molecule has 14 rings (SSSR count). The molecule has 2 aliphatic carbocycles. The molecule has 4 aliphatic heterocycles. The number of fused-ring (bicyclic) bond motifs is 6. The minimum Gasteiger partial charge on any atom is -0.494 e. The Kier molecular flexibility index (Phi) is 11.4. The van der Waals surface area contributed by atoms with Gasteiger partial charge in [-0.05, 0) is 98.2 Å². The Morgan fingerprint density at radius 3 is 1.46 bits per heavy atom. The van der Waals surface area contributed by atoms with E-state index < -0.39 is 0 Å². The molecule has 18 heteroatoms. The monoisotopic (exact) mass is 1000 g/mol. The number of pyridine rings is 2. The van der Waals surface area contributed by atoms with Crippen LogP contribution in [0.4, 0.5) is 0 Å². The van der Waals surface area contributed by atoms with E-state index in [1.807, 2.05) is 72.7 Å². The number of nitrogens with two attached hydrogens (primary N) is 2. The van der Waals surface area contributed by atoms with Gasteiger partial charge >= 0.3 is 0 Å². The molecule has 4 atom stereocenters. The number of amides is 2. The Morgan fingerprint density at radius 1 is 0.649 bits per heavy atom. The molecular weight excluding hydrogens is 937 g/mol. The maximum atomic E-state index is 13.7. The van der Waals surface area contributed by atoms with Crippen LogP contribution in [0.25, 0.3) is 67.2 Å². The highest BCUT2D eigenvalue weighted by molar-refractivity contribution is 6.01. The fourth-order valence-corrected chi connectivity index (χ4v) is 12.6. The van der Waals surface area contributed by atoms with E-state index in [0.29, 0.717) is 100 Å². The molecule has 384 valence electrons. The summed E-state index contributed by atoms with van der Waals surface area (Å²) in [6, 6.07) is 20.0. The van der Waals surface area contributed by atoms with Crippen molar-refractivity contribution in [1.29, 1.82) is 0 Å². The SMILES string of the molecule is COc1cc(C(=O)N2C[C@@H]3COC[C@]3(CN)C2)cc2nc(-c3cc4cccnc4n3CC3CC3)n(C)c12.COc1cc(C(=O)N2C[C@H]3COC[C@@]3(CN)C2)cc2nc(-c3cc4cccnc4n3CC3CC3)n(C)c12. The van der Waals surface area contributed by atoms with Crippen molar-refractivity contribution in [2.45, 2.75) is 38.8 Å². The van der Waals surface area contributed by atoms with Crippen LogP contribution in [0.2, 0.25) is 0 Å². The number of ether oxygens (including phenoxy) is 4. The van der Waals surface area contributed by atoms with E-state index >= 15 is 0 Å². The fraction of sp³-hybridized carbons (Fsp3) is 0.464. The summed E-state index contributed by atoms with van der Waals surface area (Å²) in [7, 11) is 7.30. The zero-order valence-electron chi connectivity index (χ0n) is 42.6. The lowest BCUT2D eigenvalue weighted by Crippen LogP contribution is -2.39. The summed E-state index contributed by atoms with van der Waals surface area (Å²) in [6.45, 7) is 8.05. The third kappa shape index (κ3) is 7.65. The molecule has 2 saturated carbocycles. The van der Waals surface area contributed by atoms with Crippen LogP contribution < -0.4 is 20.9 Å². The average Bonchev–Trinajstić information content (AvgIpc) is 3.86. The molecule has 2 aromatic carbocycles. The van der Waals surface area contributed by atoms with E-state index in [-0.39, 0.29) is 34.5 Å². The first-order valence-corrected chi connectivity index (χ1v) is 26.1. The number of carbonyl (C=O) groups excluding carboxylic acids is 2. The number of hydrogen-bond donors (Lipinski definition) is 2. The molecule has 0 bridgehead atoms. The number of likely N-dealkylation sites (tertiary alicyclic amines) is 2. The Labute approximate surface area is 428 Å². The van der Waals surface area contributed by atoms with Gasteiger partial charge in [-0.3, -0.25) is 9.59 Å². The minimum atomic E-state index is -0.134. The highest BCUT2D eigenvalue weighted by atomic mass is 16.5. The van der Waals surface area contributed by atoms with Crippen LogP contribution >= 0.6 is 0 Å². The van der Waals surface area contributed by atoms with Crippen LogP contribution in [0, 0.1) is 34.5 Å². The van der Waals surface area contributed by atoms with Crippen molar-refractivity contribution in [1.82, 2.24) is 48.0 Å². The maximum Gasteiger partial charge on any atom is 0.254 e. The predicted molar refractivity (Wildman–Crippen MR) is 281 cm³/mol. The molecule has 18 nitrogen and oxygen atoms in total. The lowest BCUT2D eigenvalue weighted by Gasteiger charge is -2.25. The standard InChI is InChI=1S/2C28H32N6O3/c2*1-32-24-21(31-26(32)22-9-18-4-3-7-30-25(18)34(22)11-17-5-6-17)8-19(10-23(24)36-2)27(35)33-12-20-13-37-16-28(20,14-29)15-33/h2*3-4,7-10,17,20H,5-6,11-16,29H2,1-2H3/t2*20-,28+/m10/s1. The second-order valence-electron chi connectivity index (χ2n) is 22.0. The van der Waals surface area contributed by atoms with Crippen molar-refractivity contribution in [3.63, 3.8) is 0 Å². The number of carbonyl (C=O) groups is 2. The molecule has 6 fully saturated rings. The van der Waals surface area contributed by atoms with Gasteiger partial charge in [-0.1, -0.05) is 0 Å². The van der Waals surface area contributed by atoms with Gasteiger partial charge in [-0.2, -0.15) is 0 Å². The molecule has 0 spiro atoms. The summed E-state index contributed by atoms with van der Waals surface area (Å²) in [5, 5.41) is 2.20. The van der Waals surface area contributed by atoms with Crippen molar-refractivity contribution in [2.75, 3.05) is 79.9 Å². The summed E-state index contributed by atoms with van der Waals surface area (Å²) in [5.41, 5.74) is 20.4. The van der Waals surface area contributed by atoms with Gasteiger partial charge in [0.1, 0.15) is 33.8 Å². The van der Waals surface area contributed by atoms with E-state index in [1.54, 1.807) is 14.2 Å². The zero-order chi connectivity index (χ0) is 50.6. The van der Waals surface area contributed by atoms with Gasteiger partial charge in [0.05, 0.1) is 63.1 Å². The van der Waals surface area contributed by atoms with E-state index in [1.165, 1.54) is 25.7 Å². The van der Waals surface area contributed by atoms with Crippen LogP contribution in [0.5, 0.6) is 11.5 Å². The summed E-state index contributed by atoms with van der Waals surface area (Å²) < 4.78 is 31.7. The van der Waals surface area contributed by atoms with E-state index in [4.69, 9.17) is 40.4 Å². The Bertz CT molecular complexity index is 3300. The van der Waals surface area contributed by atoms with Gasteiger partial charge < -0.3 is 58.5 Å². The van der Waals surface area contributed by atoms with Crippen molar-refractivity contribution in [2.24, 2.45) is 60.1 Å². The van der Waals surface area contributed by atoms with Crippen molar-refractivity contribution in [3.05, 3.63) is 84.2 Å². The Balaban J connectivity index is 0.000000143. The summed E-state index contributed by atoms with van der Waals surface area (Å²) in [5.74, 6) is 4.88. The molecule has 8 aromatic rings. The molecule has 2 amide bonds. The third-order valence-electron chi connectivity index (χ3n) is 17.3. The largest absolute Gasteiger partial charge is 0.494 e. The second-order valence-corrected chi connectivity index (χ2v) is 22.0. The molecule has 10 heterocycles. The normalized spacial score (nSPS) is 23.3. The van der Waals surface area contributed by atoms with Gasteiger partial charge in [-0.25, -0.2) is 19.9 Å². The van der Waals surface area contributed by atoms with Crippen LogP contribution in [0.3, 0.4) is 0 Å². The van der Waals surface area contributed by atoms with Crippen LogP contribution in [-0.4, -0.2) is 140 Å². The van der Waals surface area contributed by atoms with Crippen molar-refractivity contribution in [3.8, 4) is 34.5 Å². The summed E-state index contributed by atoms with van der Waals surface area (Å²) in [6.07, 6.45) is 8.70. The molecule has 0 radical (unpaired) electrons. The lowest BCUT2D eigenvalue weighted by atomic mass is 9.81. The van der Waals surface area contributed by atoms with Gasteiger partial charge in [-0.15, -0.1) is 0 Å². The quantitative estimate of drug-likeness (QED) is 0.143. The number of aromatic nitrogens is 8. The molecule has 74 heavy (non-hydrogen) atoms. The third-order valence-corrected chi connectivity index (χ3v) is 17.3. The van der Waals surface area contributed by atoms with Gasteiger partial charge in [0.25, 0.3) is 11.8 Å². The molecular formula is C56H64N12O6. The van der Waals surface area contributed by atoms with Gasteiger partial charge in [0.2, 0.25) is 0 Å². The zero-order valence-corrected chi connectivity index (χ0v) is 42.6. The number of nitrogens with zero attached hydrogens (tertiary/aromatic N) is 10. The highest BCUT2D eigenvalue weighted by Gasteiger charge is 2.52. The van der Waals surface area contributed by atoms with Crippen molar-refractivity contribution < 1.29 is 28.5 Å². The Hall–Kier alpha value is -6.86. The van der Waals surface area contributed by atoms with Crippen LogP contribution in [0.15, 0.2) is 73.1 Å². The lowest BCUT2D eigenvalue weighted by molar-refractivity contribution is 0.0716. The number of benzene rings is 2. The molecule has 4 N–H and O–H groups in total. The average molecular weight is 1000 g/mol. The van der Waals surface area contributed by atoms with Crippen LogP contribution in [0.1, 0.15) is 46.4 Å². The highest BCUT2D eigenvalue weighted by Crippen LogP contribution is 2.44. The summed E-state index contributed by atoms with van der Waals surface area (Å²) >= 11 is 0. The van der Waals surface area contributed by atoms with Gasteiger partial charge in [0.15, 0.2) is 11.6 Å². The number of hydrogen-bond acceptors (Lipinski definition) is 12. The van der Waals surface area contributed by atoms with Gasteiger partial charge in [0, 0.05) is 123 Å². The minimum absolute atomic E-state index is 0.0123. The molecule has 4 saturated heterocycles. The number of aryl methyl sites for hydroxylation is 2. The predicted octanol–water partition coefficient (Wildman–Crippen LogP) is 6.11. The smallest absolute Gasteiger partial charge is 0.254 e. The number of rotatable bonds is 12. The van der Waals surface area contributed by atoms with E-state index in [9.17, 15) is 9.59 Å². The molecule has 6 aliphatic rings. The first-order valence-electron chi connectivity index (χ1n) is 26.1. The summed E-state index contributed by atoms with van der Waals surface area (Å²) in [4.78, 5) is 50.6. The van der Waals surface area contributed by atoms with E-state index in [2.05, 4.69) is 52.5 Å². The van der Waals surface area contributed by atoms with Crippen molar-refractivity contribution >= 4 is 55.9 Å². The molecule has 6 aromatic heterocycles. The fourth-order valence-electron chi connectivity index (χ4n) is 12.6. The Morgan fingerprint density at radius 2 is 1.08 bits per heavy atom. The molecule has 0 unspecified atom stereocenters.